The van der Waals surface area contributed by atoms with Gasteiger partial charge in [0.1, 0.15) is 13.2 Å². The maximum absolute atomic E-state index is 12.9. The highest BCUT2D eigenvalue weighted by atomic mass is 16.6. The maximum atomic E-state index is 12.9. The summed E-state index contributed by atoms with van der Waals surface area (Å²) in [7, 11) is 0. The Morgan fingerprint density at radius 1 is 0.253 bits per heavy atom. The second-order valence-corrected chi connectivity index (χ2v) is 22.0. The minimum atomic E-state index is -0.834. The van der Waals surface area contributed by atoms with Crippen LogP contribution in [-0.2, 0) is 28.6 Å². The predicted octanol–water partition coefficient (Wildman–Crippen LogP) is 23.7. The van der Waals surface area contributed by atoms with Crippen molar-refractivity contribution in [3.63, 3.8) is 0 Å². The van der Waals surface area contributed by atoms with Crippen LogP contribution < -0.4 is 0 Å². The molecular formula is C77H124O6. The normalized spacial score (nSPS) is 13.1. The molecule has 1 atom stereocenters. The molecule has 6 nitrogen and oxygen atoms in total. The van der Waals surface area contributed by atoms with Crippen LogP contribution in [0.25, 0.3) is 0 Å². The van der Waals surface area contributed by atoms with Gasteiger partial charge in [-0.25, -0.2) is 0 Å². The highest BCUT2D eigenvalue weighted by Crippen LogP contribution is 2.16. The molecule has 468 valence electrons. The van der Waals surface area contributed by atoms with Crippen LogP contribution in [0.4, 0.5) is 0 Å². The first kappa shape index (κ1) is 78.0. The molecule has 0 aromatic rings. The molecule has 0 aromatic carbocycles. The van der Waals surface area contributed by atoms with E-state index in [1.165, 1.54) is 128 Å². The van der Waals surface area contributed by atoms with Gasteiger partial charge in [-0.05, 0) is 135 Å². The average molecular weight is 1150 g/mol. The molecule has 0 fully saturated rings. The van der Waals surface area contributed by atoms with Crippen molar-refractivity contribution in [2.24, 2.45) is 0 Å². The topological polar surface area (TPSA) is 78.9 Å². The Morgan fingerprint density at radius 2 is 0.494 bits per heavy atom. The summed E-state index contributed by atoms with van der Waals surface area (Å²) in [4.78, 5) is 38.3. The number of unbranched alkanes of at least 4 members (excludes halogenated alkanes) is 23. The molecule has 0 amide bonds. The Kier molecular flexibility index (Phi) is 65.4. The standard InChI is InChI=1S/C77H124O6/c1-4-7-10-13-16-19-22-25-27-29-31-33-35-37-38-40-41-43-45-47-49-52-55-58-61-64-67-70-76(79)82-73-74(72-81-75(78)69-66-63-60-57-54-51-24-21-18-15-12-9-6-3)83-77(80)71-68-65-62-59-56-53-50-48-46-44-42-39-36-34-32-30-28-26-23-20-17-14-11-8-5-2/h7,9-10,12,16,18-19,21,25,27,30-33,37-38,41,43,47,49,51,54-55,58,60,63,74H,4-6,8,11,13-15,17,20,22-24,26,28-29,34-36,39-40,42,44-46,48,50,52-53,56-57,59,61-62,64-73H2,1-3H3/b10-7-,12-9-,19-16-,21-18-,27-25-,32-30-,33-31-,38-37-,43-41-,49-47-,54-51-,58-55-,63-60-. The monoisotopic (exact) mass is 1140 g/mol. The third-order valence-corrected chi connectivity index (χ3v) is 14.0. The number of hydrogen-bond acceptors (Lipinski definition) is 6. The van der Waals surface area contributed by atoms with E-state index in [1.54, 1.807) is 0 Å². The van der Waals surface area contributed by atoms with Crippen LogP contribution in [0.5, 0.6) is 0 Å². The molecule has 0 spiro atoms. The van der Waals surface area contributed by atoms with Crippen LogP contribution in [0.15, 0.2) is 158 Å². The summed E-state index contributed by atoms with van der Waals surface area (Å²) in [5, 5.41) is 0. The number of rotatable bonds is 60. The van der Waals surface area contributed by atoms with Crippen LogP contribution in [0.2, 0.25) is 0 Å². The van der Waals surface area contributed by atoms with Crippen molar-refractivity contribution in [1.29, 1.82) is 0 Å². The van der Waals surface area contributed by atoms with Gasteiger partial charge in [-0.15, -0.1) is 0 Å². The summed E-state index contributed by atoms with van der Waals surface area (Å²) in [5.41, 5.74) is 0. The number of carbonyl (C=O) groups is 3. The minimum Gasteiger partial charge on any atom is -0.462 e. The highest BCUT2D eigenvalue weighted by Gasteiger charge is 2.19. The lowest BCUT2D eigenvalue weighted by Crippen LogP contribution is -2.30. The lowest BCUT2D eigenvalue weighted by Gasteiger charge is -2.18. The first-order valence-electron chi connectivity index (χ1n) is 34.0. The Bertz CT molecular complexity index is 1840. The van der Waals surface area contributed by atoms with Gasteiger partial charge in [0, 0.05) is 19.3 Å². The van der Waals surface area contributed by atoms with Crippen molar-refractivity contribution >= 4 is 17.9 Å². The smallest absolute Gasteiger partial charge is 0.306 e. The molecule has 0 heterocycles. The van der Waals surface area contributed by atoms with Crippen molar-refractivity contribution in [3.8, 4) is 0 Å². The summed E-state index contributed by atoms with van der Waals surface area (Å²) in [5.74, 6) is -1.05. The van der Waals surface area contributed by atoms with Gasteiger partial charge in [0.2, 0.25) is 0 Å². The molecule has 0 aliphatic heterocycles. The summed E-state index contributed by atoms with van der Waals surface area (Å²) in [6.45, 7) is 6.32. The number of allylic oxidation sites excluding steroid dienone is 26. The average Bonchev–Trinajstić information content (AvgIpc) is 3.49. The number of esters is 3. The Labute approximate surface area is 511 Å². The van der Waals surface area contributed by atoms with E-state index in [0.717, 1.165) is 109 Å². The molecular weight excluding hydrogens is 1020 g/mol. The number of hydrogen-bond donors (Lipinski definition) is 0. The van der Waals surface area contributed by atoms with Crippen LogP contribution in [-0.4, -0.2) is 37.2 Å². The fourth-order valence-electron chi connectivity index (χ4n) is 9.00. The first-order chi connectivity index (χ1) is 41.0. The van der Waals surface area contributed by atoms with Gasteiger partial charge in [-0.2, -0.15) is 0 Å². The van der Waals surface area contributed by atoms with E-state index in [9.17, 15) is 14.4 Å². The maximum Gasteiger partial charge on any atom is 0.306 e. The van der Waals surface area contributed by atoms with Gasteiger partial charge >= 0.3 is 17.9 Å². The molecule has 0 saturated carbocycles. The summed E-state index contributed by atoms with van der Waals surface area (Å²) in [6.07, 6.45) is 101. The van der Waals surface area contributed by atoms with Crippen LogP contribution in [0, 0.1) is 0 Å². The Hall–Kier alpha value is -4.97. The van der Waals surface area contributed by atoms with Crippen LogP contribution in [0.3, 0.4) is 0 Å². The van der Waals surface area contributed by atoms with E-state index in [4.69, 9.17) is 14.2 Å². The van der Waals surface area contributed by atoms with Crippen molar-refractivity contribution in [2.75, 3.05) is 13.2 Å². The van der Waals surface area contributed by atoms with E-state index in [2.05, 4.69) is 167 Å². The largest absolute Gasteiger partial charge is 0.462 e. The quantitative estimate of drug-likeness (QED) is 0.0261. The van der Waals surface area contributed by atoms with Gasteiger partial charge in [0.05, 0.1) is 0 Å². The fraction of sp³-hybridized carbons (Fsp3) is 0.623. The second-order valence-electron chi connectivity index (χ2n) is 22.0. The summed E-state index contributed by atoms with van der Waals surface area (Å²) >= 11 is 0. The molecule has 0 saturated heterocycles. The molecule has 0 aliphatic carbocycles. The van der Waals surface area contributed by atoms with Crippen molar-refractivity contribution in [1.82, 2.24) is 0 Å². The lowest BCUT2D eigenvalue weighted by atomic mass is 10.0. The Balaban J connectivity index is 4.44. The zero-order valence-electron chi connectivity index (χ0n) is 53.7. The molecule has 6 heteroatoms. The van der Waals surface area contributed by atoms with E-state index in [-0.39, 0.29) is 44.0 Å². The van der Waals surface area contributed by atoms with Crippen LogP contribution >= 0.6 is 0 Å². The molecule has 0 radical (unpaired) electrons. The van der Waals surface area contributed by atoms with Gasteiger partial charge in [-0.1, -0.05) is 294 Å². The van der Waals surface area contributed by atoms with Crippen molar-refractivity contribution in [2.45, 2.75) is 297 Å². The number of carbonyl (C=O) groups excluding carboxylic acids is 3. The third-order valence-electron chi connectivity index (χ3n) is 14.0. The molecule has 0 aliphatic rings. The lowest BCUT2D eigenvalue weighted by molar-refractivity contribution is -0.166. The molecule has 83 heavy (non-hydrogen) atoms. The molecule has 0 aromatic heterocycles. The van der Waals surface area contributed by atoms with Gasteiger partial charge in [-0.3, -0.25) is 14.4 Å². The first-order valence-corrected chi connectivity index (χ1v) is 34.0. The summed E-state index contributed by atoms with van der Waals surface area (Å²) < 4.78 is 16.8. The predicted molar refractivity (Wildman–Crippen MR) is 362 cm³/mol. The highest BCUT2D eigenvalue weighted by molar-refractivity contribution is 5.71. The van der Waals surface area contributed by atoms with E-state index in [0.29, 0.717) is 19.3 Å². The zero-order chi connectivity index (χ0) is 59.9. The molecule has 1 unspecified atom stereocenters. The van der Waals surface area contributed by atoms with Gasteiger partial charge < -0.3 is 14.2 Å². The van der Waals surface area contributed by atoms with E-state index in [1.807, 2.05) is 12.2 Å². The van der Waals surface area contributed by atoms with E-state index < -0.39 is 6.10 Å². The molecule has 0 rings (SSSR count). The van der Waals surface area contributed by atoms with Crippen molar-refractivity contribution < 1.29 is 28.6 Å². The fourth-order valence-corrected chi connectivity index (χ4v) is 9.00. The summed E-state index contributed by atoms with van der Waals surface area (Å²) in [6, 6.07) is 0. The van der Waals surface area contributed by atoms with Crippen molar-refractivity contribution in [3.05, 3.63) is 158 Å². The SMILES string of the molecule is CC/C=C\C/C=C\C/C=C\C/C=C\C/C=C\C/C=C\C/C=C\C/C=C\CCCCC(=O)OCC(COC(=O)CC/C=C\C/C=C\C/C=C\C/C=C\CC)OC(=O)CCCCCCCCCCCCCCC/C=C\CCCCCCCCCC. The number of ether oxygens (including phenoxy) is 3. The molecule has 0 N–H and O–H groups in total. The Morgan fingerprint density at radius 3 is 0.843 bits per heavy atom. The minimum absolute atomic E-state index is 0.128. The van der Waals surface area contributed by atoms with Gasteiger partial charge in [0.25, 0.3) is 0 Å². The van der Waals surface area contributed by atoms with E-state index >= 15 is 0 Å². The zero-order valence-corrected chi connectivity index (χ0v) is 53.7. The van der Waals surface area contributed by atoms with Gasteiger partial charge in [0.15, 0.2) is 6.10 Å². The molecule has 0 bridgehead atoms. The second kappa shape index (κ2) is 69.5. The van der Waals surface area contributed by atoms with Crippen LogP contribution in [0.1, 0.15) is 290 Å². The third kappa shape index (κ3) is 67.7.